The summed E-state index contributed by atoms with van der Waals surface area (Å²) >= 11 is 4.24. The van der Waals surface area contributed by atoms with Crippen molar-refractivity contribution in [1.82, 2.24) is 4.90 Å². The van der Waals surface area contributed by atoms with Gasteiger partial charge in [0.25, 0.3) is 17.1 Å². The summed E-state index contributed by atoms with van der Waals surface area (Å²) in [7, 11) is 1.46. The number of hydrogen-bond acceptors (Lipinski definition) is 6. The molecule has 1 heterocycles. The Balaban J connectivity index is 1.43. The fourth-order valence-corrected chi connectivity index (χ4v) is 5.08. The third-order valence-electron chi connectivity index (χ3n) is 5.86. The Morgan fingerprint density at radius 1 is 1.08 bits per heavy atom. The number of carbonyl (C=O) groups is 3. The summed E-state index contributed by atoms with van der Waals surface area (Å²) in [6, 6.07) is 14.8. The fraction of sp³-hybridized carbons (Fsp3) is 0.179. The highest BCUT2D eigenvalue weighted by atomic mass is 79.9. The number of amides is 3. The van der Waals surface area contributed by atoms with Crippen LogP contribution in [0.1, 0.15) is 22.3 Å². The van der Waals surface area contributed by atoms with Gasteiger partial charge in [0.05, 0.1) is 24.2 Å². The number of aryl methyl sites for hydroxylation is 2. The second-order valence-electron chi connectivity index (χ2n) is 8.52. The van der Waals surface area contributed by atoms with E-state index in [-0.39, 0.29) is 29.5 Å². The number of ether oxygens (including phenoxy) is 2. The Kier molecular flexibility index (Phi) is 8.53. The van der Waals surface area contributed by atoms with Gasteiger partial charge in [0.1, 0.15) is 5.82 Å². The zero-order chi connectivity index (χ0) is 27.4. The Labute approximate surface area is 232 Å². The summed E-state index contributed by atoms with van der Waals surface area (Å²) < 4.78 is 25.9. The van der Waals surface area contributed by atoms with Crippen LogP contribution in [0.4, 0.5) is 14.9 Å². The van der Waals surface area contributed by atoms with E-state index in [1.54, 1.807) is 36.4 Å². The second kappa shape index (κ2) is 11.8. The first-order valence-electron chi connectivity index (χ1n) is 11.5. The molecule has 1 aliphatic heterocycles. The van der Waals surface area contributed by atoms with Crippen LogP contribution in [0.15, 0.2) is 64.0 Å². The summed E-state index contributed by atoms with van der Waals surface area (Å²) in [5.41, 5.74) is 3.65. The zero-order valence-corrected chi connectivity index (χ0v) is 23.2. The minimum atomic E-state index is -0.503. The van der Waals surface area contributed by atoms with Gasteiger partial charge in [-0.25, -0.2) is 4.39 Å². The first-order valence-corrected chi connectivity index (χ1v) is 13.1. The average molecular weight is 599 g/mol. The quantitative estimate of drug-likeness (QED) is 0.299. The van der Waals surface area contributed by atoms with Gasteiger partial charge >= 0.3 is 0 Å². The molecule has 0 saturated carbocycles. The number of hydrogen-bond donors (Lipinski definition) is 1. The molecule has 0 unspecified atom stereocenters. The van der Waals surface area contributed by atoms with Crippen LogP contribution in [-0.2, 0) is 16.1 Å². The van der Waals surface area contributed by atoms with E-state index < -0.39 is 17.0 Å². The van der Waals surface area contributed by atoms with E-state index in [0.717, 1.165) is 32.3 Å². The van der Waals surface area contributed by atoms with Crippen molar-refractivity contribution in [2.45, 2.75) is 20.4 Å². The molecule has 1 N–H and O–H groups in total. The molecule has 0 radical (unpaired) electrons. The van der Waals surface area contributed by atoms with Crippen molar-refractivity contribution < 1.29 is 28.2 Å². The van der Waals surface area contributed by atoms with Crippen molar-refractivity contribution in [2.24, 2.45) is 0 Å². The number of anilines is 1. The van der Waals surface area contributed by atoms with Crippen LogP contribution in [0.2, 0.25) is 0 Å². The van der Waals surface area contributed by atoms with Gasteiger partial charge in [-0.15, -0.1) is 0 Å². The van der Waals surface area contributed by atoms with Crippen molar-refractivity contribution >= 4 is 56.5 Å². The molecule has 38 heavy (non-hydrogen) atoms. The number of imide groups is 1. The first kappa shape index (κ1) is 27.4. The summed E-state index contributed by atoms with van der Waals surface area (Å²) in [4.78, 5) is 39.0. The molecule has 0 aliphatic carbocycles. The highest BCUT2D eigenvalue weighted by Gasteiger charge is 2.35. The Morgan fingerprint density at radius 3 is 2.55 bits per heavy atom. The molecule has 0 aromatic heterocycles. The van der Waals surface area contributed by atoms with E-state index in [1.165, 1.54) is 19.2 Å². The highest BCUT2D eigenvalue weighted by molar-refractivity contribution is 9.10. The van der Waals surface area contributed by atoms with Crippen LogP contribution in [0.25, 0.3) is 6.08 Å². The lowest BCUT2D eigenvalue weighted by molar-refractivity contribution is -0.123. The first-order chi connectivity index (χ1) is 18.2. The van der Waals surface area contributed by atoms with E-state index in [4.69, 9.17) is 9.47 Å². The molecule has 3 aromatic carbocycles. The maximum absolute atomic E-state index is 14.0. The van der Waals surface area contributed by atoms with Crippen molar-refractivity contribution in [1.29, 1.82) is 0 Å². The van der Waals surface area contributed by atoms with E-state index in [0.29, 0.717) is 22.7 Å². The normalized spacial score (nSPS) is 14.2. The Morgan fingerprint density at radius 2 is 1.82 bits per heavy atom. The number of nitrogens with zero attached hydrogens (tertiary/aromatic N) is 1. The maximum Gasteiger partial charge on any atom is 0.293 e. The van der Waals surface area contributed by atoms with Gasteiger partial charge in [-0.1, -0.05) is 24.3 Å². The number of carbonyl (C=O) groups excluding carboxylic acids is 3. The van der Waals surface area contributed by atoms with Gasteiger partial charge < -0.3 is 14.8 Å². The Bertz CT molecular complexity index is 1460. The van der Waals surface area contributed by atoms with Crippen LogP contribution in [-0.4, -0.2) is 35.7 Å². The maximum atomic E-state index is 14.0. The lowest BCUT2D eigenvalue weighted by Crippen LogP contribution is -2.27. The van der Waals surface area contributed by atoms with Gasteiger partial charge in [-0.05, 0) is 94.6 Å². The molecule has 1 saturated heterocycles. The molecule has 4 rings (SSSR count). The summed E-state index contributed by atoms with van der Waals surface area (Å²) in [6.07, 6.45) is 1.56. The number of benzene rings is 3. The van der Waals surface area contributed by atoms with E-state index in [2.05, 4.69) is 21.2 Å². The predicted octanol–water partition coefficient (Wildman–Crippen LogP) is 6.47. The minimum absolute atomic E-state index is 0.147. The fourth-order valence-electron chi connectivity index (χ4n) is 3.68. The van der Waals surface area contributed by atoms with E-state index in [9.17, 15) is 18.8 Å². The van der Waals surface area contributed by atoms with Crippen LogP contribution in [0.3, 0.4) is 0 Å². The molecule has 0 bridgehead atoms. The van der Waals surface area contributed by atoms with Crippen molar-refractivity contribution in [3.8, 4) is 11.5 Å². The number of methoxy groups -OCH3 is 1. The SMILES string of the molecule is COc1cc(/C=C2/SC(=O)N(Cc3ccccc3F)C2=O)ccc1OCC(=O)Nc1cc(C)c(C)cc1Br. The molecule has 10 heteroatoms. The molecule has 3 amide bonds. The Hall–Kier alpha value is -3.63. The monoisotopic (exact) mass is 598 g/mol. The van der Waals surface area contributed by atoms with Crippen LogP contribution < -0.4 is 14.8 Å². The summed E-state index contributed by atoms with van der Waals surface area (Å²) in [5.74, 6) is -0.636. The predicted molar refractivity (Wildman–Crippen MR) is 149 cm³/mol. The van der Waals surface area contributed by atoms with E-state index >= 15 is 0 Å². The molecule has 1 fully saturated rings. The molecular weight excluding hydrogens is 575 g/mol. The highest BCUT2D eigenvalue weighted by Crippen LogP contribution is 2.35. The second-order valence-corrected chi connectivity index (χ2v) is 10.4. The van der Waals surface area contributed by atoms with Crippen molar-refractivity contribution in [2.75, 3.05) is 19.0 Å². The number of halogens is 2. The molecule has 3 aromatic rings. The average Bonchev–Trinajstić information content (AvgIpc) is 3.14. The third kappa shape index (κ3) is 6.25. The lowest BCUT2D eigenvalue weighted by Gasteiger charge is -2.13. The van der Waals surface area contributed by atoms with Crippen molar-refractivity contribution in [3.63, 3.8) is 0 Å². The topological polar surface area (TPSA) is 84.9 Å². The molecule has 0 atom stereocenters. The summed E-state index contributed by atoms with van der Waals surface area (Å²) in [5, 5.41) is 2.34. The standard InChI is InChI=1S/C28H24BrFN2O5S/c1-16-10-20(29)22(11-17(16)2)31-26(33)15-37-23-9-8-18(12-24(23)36-3)13-25-27(34)32(28(35)38-25)14-19-6-4-5-7-21(19)30/h4-13H,14-15H2,1-3H3,(H,31,33)/b25-13+. The molecule has 1 aliphatic rings. The number of rotatable bonds is 8. The molecule has 0 spiro atoms. The van der Waals surface area contributed by atoms with Gasteiger partial charge in [0.15, 0.2) is 18.1 Å². The summed E-state index contributed by atoms with van der Waals surface area (Å²) in [6.45, 7) is 3.56. The zero-order valence-electron chi connectivity index (χ0n) is 20.8. The van der Waals surface area contributed by atoms with Gasteiger partial charge in [-0.3, -0.25) is 19.3 Å². The minimum Gasteiger partial charge on any atom is -0.493 e. The molecular formula is C28H24BrFN2O5S. The number of thioether (sulfide) groups is 1. The van der Waals surface area contributed by atoms with Crippen LogP contribution >= 0.6 is 27.7 Å². The smallest absolute Gasteiger partial charge is 0.293 e. The lowest BCUT2D eigenvalue weighted by atomic mass is 10.1. The third-order valence-corrected chi connectivity index (χ3v) is 7.43. The van der Waals surface area contributed by atoms with Gasteiger partial charge in [0.2, 0.25) is 0 Å². The molecule has 7 nitrogen and oxygen atoms in total. The number of nitrogens with one attached hydrogen (secondary N) is 1. The van der Waals surface area contributed by atoms with Gasteiger partial charge in [0, 0.05) is 10.0 Å². The molecule has 196 valence electrons. The van der Waals surface area contributed by atoms with Crippen molar-refractivity contribution in [3.05, 3.63) is 92.0 Å². The largest absolute Gasteiger partial charge is 0.493 e. The van der Waals surface area contributed by atoms with E-state index in [1.807, 2.05) is 26.0 Å². The van der Waals surface area contributed by atoms with Crippen LogP contribution in [0.5, 0.6) is 11.5 Å². The van der Waals surface area contributed by atoms with Gasteiger partial charge in [-0.2, -0.15) is 0 Å². The van der Waals surface area contributed by atoms with Crippen LogP contribution in [0, 0.1) is 19.7 Å².